The summed E-state index contributed by atoms with van der Waals surface area (Å²) in [6.07, 6.45) is 1.83. The Labute approximate surface area is 146 Å². The molecule has 1 heterocycles. The molecule has 1 aliphatic heterocycles. The first kappa shape index (κ1) is 17.1. The van der Waals surface area contributed by atoms with Crippen molar-refractivity contribution in [2.75, 3.05) is 6.54 Å². The van der Waals surface area contributed by atoms with Crippen LogP contribution >= 0.6 is 0 Å². The summed E-state index contributed by atoms with van der Waals surface area (Å²) < 4.78 is 13.1. The predicted octanol–water partition coefficient (Wildman–Crippen LogP) is 3.44. The number of carbonyl (C=O) groups excluding carboxylic acids is 2. The molecule has 25 heavy (non-hydrogen) atoms. The number of carbonyl (C=O) groups is 2. The van der Waals surface area contributed by atoms with E-state index in [0.29, 0.717) is 18.7 Å². The van der Waals surface area contributed by atoms with Crippen LogP contribution in [0, 0.1) is 5.82 Å². The SMILES string of the molecule is CC(=O)NCc1ccc(C(=O)N2CCCC2c2ccc(F)cc2)cc1. The van der Waals surface area contributed by atoms with Crippen LogP contribution in [0.4, 0.5) is 4.39 Å². The zero-order valence-corrected chi connectivity index (χ0v) is 14.2. The number of hydrogen-bond acceptors (Lipinski definition) is 2. The summed E-state index contributed by atoms with van der Waals surface area (Å²) >= 11 is 0. The molecule has 1 atom stereocenters. The van der Waals surface area contributed by atoms with Crippen LogP contribution in [0.5, 0.6) is 0 Å². The summed E-state index contributed by atoms with van der Waals surface area (Å²) in [5.74, 6) is -0.369. The lowest BCUT2D eigenvalue weighted by molar-refractivity contribution is -0.119. The van der Waals surface area contributed by atoms with Crippen molar-refractivity contribution < 1.29 is 14.0 Å². The van der Waals surface area contributed by atoms with E-state index in [4.69, 9.17) is 0 Å². The number of amides is 2. The third kappa shape index (κ3) is 4.05. The van der Waals surface area contributed by atoms with Crippen LogP contribution in [0.2, 0.25) is 0 Å². The highest BCUT2D eigenvalue weighted by Crippen LogP contribution is 2.33. The Morgan fingerprint density at radius 3 is 2.44 bits per heavy atom. The third-order valence-electron chi connectivity index (χ3n) is 4.51. The molecule has 2 aromatic carbocycles. The van der Waals surface area contributed by atoms with Crippen molar-refractivity contribution in [3.05, 3.63) is 71.0 Å². The van der Waals surface area contributed by atoms with Gasteiger partial charge < -0.3 is 10.2 Å². The van der Waals surface area contributed by atoms with Crippen LogP contribution in [0.15, 0.2) is 48.5 Å². The number of rotatable bonds is 4. The molecule has 1 aliphatic rings. The zero-order chi connectivity index (χ0) is 17.8. The molecule has 1 fully saturated rings. The molecular formula is C20H21FN2O2. The molecule has 0 spiro atoms. The molecule has 1 saturated heterocycles. The lowest BCUT2D eigenvalue weighted by Gasteiger charge is -2.25. The molecule has 1 unspecified atom stereocenters. The summed E-state index contributed by atoms with van der Waals surface area (Å²) in [5, 5.41) is 2.73. The second kappa shape index (κ2) is 7.47. The second-order valence-corrected chi connectivity index (χ2v) is 6.31. The molecule has 0 aliphatic carbocycles. The van der Waals surface area contributed by atoms with Crippen LogP contribution in [0.25, 0.3) is 0 Å². The smallest absolute Gasteiger partial charge is 0.254 e. The molecule has 0 aromatic heterocycles. The standard InChI is InChI=1S/C20H21FN2O2/c1-14(24)22-13-15-4-6-17(7-5-15)20(25)23-12-2-3-19(23)16-8-10-18(21)11-9-16/h4-11,19H,2-3,12-13H2,1H3,(H,22,24). The lowest BCUT2D eigenvalue weighted by Crippen LogP contribution is -2.30. The van der Waals surface area contributed by atoms with E-state index in [1.807, 2.05) is 17.0 Å². The molecule has 130 valence electrons. The topological polar surface area (TPSA) is 49.4 Å². The minimum absolute atomic E-state index is 0.00726. The van der Waals surface area contributed by atoms with Crippen molar-refractivity contribution in [1.29, 1.82) is 0 Å². The fourth-order valence-corrected chi connectivity index (χ4v) is 3.20. The van der Waals surface area contributed by atoms with Gasteiger partial charge in [-0.25, -0.2) is 4.39 Å². The second-order valence-electron chi connectivity index (χ2n) is 6.31. The maximum absolute atomic E-state index is 13.1. The molecule has 0 radical (unpaired) electrons. The van der Waals surface area contributed by atoms with E-state index < -0.39 is 0 Å². The molecule has 4 nitrogen and oxygen atoms in total. The molecule has 5 heteroatoms. The maximum atomic E-state index is 13.1. The average Bonchev–Trinajstić information content (AvgIpc) is 3.10. The third-order valence-corrected chi connectivity index (χ3v) is 4.51. The monoisotopic (exact) mass is 340 g/mol. The molecule has 1 N–H and O–H groups in total. The van der Waals surface area contributed by atoms with Gasteiger partial charge in [0.15, 0.2) is 0 Å². The van der Waals surface area contributed by atoms with Gasteiger partial charge in [0.1, 0.15) is 5.82 Å². The minimum atomic E-state index is -0.269. The number of likely N-dealkylation sites (tertiary alicyclic amines) is 1. The fourth-order valence-electron chi connectivity index (χ4n) is 3.20. The van der Waals surface area contributed by atoms with Gasteiger partial charge in [-0.3, -0.25) is 9.59 Å². The van der Waals surface area contributed by atoms with Crippen LogP contribution in [0.3, 0.4) is 0 Å². The summed E-state index contributed by atoms with van der Waals surface area (Å²) in [7, 11) is 0. The van der Waals surface area contributed by atoms with Crippen molar-refractivity contribution >= 4 is 11.8 Å². The first-order valence-electron chi connectivity index (χ1n) is 8.44. The largest absolute Gasteiger partial charge is 0.352 e. The number of halogens is 1. The highest BCUT2D eigenvalue weighted by molar-refractivity contribution is 5.94. The van der Waals surface area contributed by atoms with Crippen LogP contribution in [0.1, 0.15) is 47.3 Å². The van der Waals surface area contributed by atoms with Crippen molar-refractivity contribution in [3.8, 4) is 0 Å². The van der Waals surface area contributed by atoms with Crippen molar-refractivity contribution in [1.82, 2.24) is 10.2 Å². The summed E-state index contributed by atoms with van der Waals surface area (Å²) in [5.41, 5.74) is 2.54. The number of nitrogens with zero attached hydrogens (tertiary/aromatic N) is 1. The van der Waals surface area contributed by atoms with Crippen LogP contribution in [-0.4, -0.2) is 23.3 Å². The molecule has 2 aromatic rings. The van der Waals surface area contributed by atoms with E-state index in [-0.39, 0.29) is 23.7 Å². The number of hydrogen-bond donors (Lipinski definition) is 1. The average molecular weight is 340 g/mol. The first-order chi connectivity index (χ1) is 12.0. The Hall–Kier alpha value is -2.69. The van der Waals surface area contributed by atoms with Gasteiger partial charge in [0.05, 0.1) is 6.04 Å². The molecule has 0 saturated carbocycles. The van der Waals surface area contributed by atoms with E-state index in [0.717, 1.165) is 24.0 Å². The quantitative estimate of drug-likeness (QED) is 0.927. The maximum Gasteiger partial charge on any atom is 0.254 e. The highest BCUT2D eigenvalue weighted by atomic mass is 19.1. The molecule has 2 amide bonds. The predicted molar refractivity (Wildman–Crippen MR) is 93.4 cm³/mol. The van der Waals surface area contributed by atoms with E-state index in [1.165, 1.54) is 19.1 Å². The Balaban J connectivity index is 1.73. The highest BCUT2D eigenvalue weighted by Gasteiger charge is 2.30. The van der Waals surface area contributed by atoms with Gasteiger partial charge in [-0.05, 0) is 48.2 Å². The Morgan fingerprint density at radius 1 is 1.12 bits per heavy atom. The molecular weight excluding hydrogens is 319 g/mol. The Morgan fingerprint density at radius 2 is 1.80 bits per heavy atom. The fraction of sp³-hybridized carbons (Fsp3) is 0.300. The van der Waals surface area contributed by atoms with E-state index >= 15 is 0 Å². The van der Waals surface area contributed by atoms with Gasteiger partial charge in [-0.15, -0.1) is 0 Å². The molecule has 0 bridgehead atoms. The number of benzene rings is 2. The first-order valence-corrected chi connectivity index (χ1v) is 8.44. The van der Waals surface area contributed by atoms with Gasteiger partial charge in [-0.2, -0.15) is 0 Å². The van der Waals surface area contributed by atoms with Crippen molar-refractivity contribution in [2.24, 2.45) is 0 Å². The van der Waals surface area contributed by atoms with Crippen molar-refractivity contribution in [3.63, 3.8) is 0 Å². The van der Waals surface area contributed by atoms with Crippen molar-refractivity contribution in [2.45, 2.75) is 32.4 Å². The Bertz CT molecular complexity index is 756. The molecule has 3 rings (SSSR count). The number of nitrogens with one attached hydrogen (secondary N) is 1. The van der Waals surface area contributed by atoms with E-state index in [9.17, 15) is 14.0 Å². The lowest BCUT2D eigenvalue weighted by atomic mass is 10.0. The van der Waals surface area contributed by atoms with Gasteiger partial charge in [0, 0.05) is 25.6 Å². The van der Waals surface area contributed by atoms with Gasteiger partial charge in [-0.1, -0.05) is 24.3 Å². The summed E-state index contributed by atoms with van der Waals surface area (Å²) in [4.78, 5) is 25.7. The summed E-state index contributed by atoms with van der Waals surface area (Å²) in [6.45, 7) is 2.63. The normalized spacial score (nSPS) is 16.7. The summed E-state index contributed by atoms with van der Waals surface area (Å²) in [6, 6.07) is 13.7. The van der Waals surface area contributed by atoms with E-state index in [2.05, 4.69) is 5.32 Å². The minimum Gasteiger partial charge on any atom is -0.352 e. The van der Waals surface area contributed by atoms with E-state index in [1.54, 1.807) is 24.3 Å². The van der Waals surface area contributed by atoms with Crippen LogP contribution < -0.4 is 5.32 Å². The van der Waals surface area contributed by atoms with Crippen LogP contribution in [-0.2, 0) is 11.3 Å². The Kier molecular flexibility index (Phi) is 5.12. The van der Waals surface area contributed by atoms with Gasteiger partial charge in [0.2, 0.25) is 5.91 Å². The van der Waals surface area contributed by atoms with Gasteiger partial charge in [0.25, 0.3) is 5.91 Å². The zero-order valence-electron chi connectivity index (χ0n) is 14.2. The van der Waals surface area contributed by atoms with Gasteiger partial charge >= 0.3 is 0 Å².